The van der Waals surface area contributed by atoms with Crippen molar-refractivity contribution in [2.24, 2.45) is 5.10 Å². The SMILES string of the molecule is C/C(=N\NC(=O)c1ccc(N(Cc2ccccc2)S(C)(=O)=O)cc1)c1ccc(I)cc1. The zero-order valence-electron chi connectivity index (χ0n) is 17.1. The zero-order chi connectivity index (χ0) is 22.4. The van der Waals surface area contributed by atoms with Crippen LogP contribution in [0, 0.1) is 3.57 Å². The summed E-state index contributed by atoms with van der Waals surface area (Å²) in [7, 11) is -3.49. The van der Waals surface area contributed by atoms with Gasteiger partial charge in [-0.25, -0.2) is 13.8 Å². The number of rotatable bonds is 7. The van der Waals surface area contributed by atoms with Gasteiger partial charge in [0.05, 0.1) is 24.2 Å². The van der Waals surface area contributed by atoms with Crippen molar-refractivity contribution in [3.8, 4) is 0 Å². The molecule has 3 aromatic carbocycles. The third-order valence-corrected chi connectivity index (χ3v) is 6.43. The summed E-state index contributed by atoms with van der Waals surface area (Å²) >= 11 is 2.23. The van der Waals surface area contributed by atoms with E-state index in [9.17, 15) is 13.2 Å². The molecule has 1 N–H and O–H groups in total. The molecule has 3 aromatic rings. The molecule has 0 radical (unpaired) electrons. The maximum atomic E-state index is 12.5. The molecule has 8 heteroatoms. The monoisotopic (exact) mass is 547 g/mol. The Hall–Kier alpha value is -2.72. The summed E-state index contributed by atoms with van der Waals surface area (Å²) in [6, 6.07) is 23.6. The molecule has 0 fully saturated rings. The molecular weight excluding hydrogens is 525 g/mol. The fourth-order valence-electron chi connectivity index (χ4n) is 2.88. The van der Waals surface area contributed by atoms with Gasteiger partial charge in [0.2, 0.25) is 10.0 Å². The van der Waals surface area contributed by atoms with Gasteiger partial charge in [-0.05, 0) is 77.0 Å². The second kappa shape index (κ2) is 10.1. The lowest BCUT2D eigenvalue weighted by Crippen LogP contribution is -2.29. The Morgan fingerprint density at radius 3 is 2.10 bits per heavy atom. The van der Waals surface area contributed by atoms with Crippen LogP contribution >= 0.6 is 22.6 Å². The number of carbonyl (C=O) groups is 1. The van der Waals surface area contributed by atoms with E-state index in [1.165, 1.54) is 10.6 Å². The van der Waals surface area contributed by atoms with Gasteiger partial charge in [-0.15, -0.1) is 0 Å². The minimum atomic E-state index is -3.49. The molecule has 0 spiro atoms. The van der Waals surface area contributed by atoms with Crippen molar-refractivity contribution in [1.82, 2.24) is 5.43 Å². The molecule has 0 aliphatic heterocycles. The minimum absolute atomic E-state index is 0.213. The maximum Gasteiger partial charge on any atom is 0.271 e. The summed E-state index contributed by atoms with van der Waals surface area (Å²) in [5.41, 5.74) is 5.89. The minimum Gasteiger partial charge on any atom is -0.267 e. The van der Waals surface area contributed by atoms with Crippen LogP contribution in [-0.2, 0) is 16.6 Å². The van der Waals surface area contributed by atoms with Crippen LogP contribution < -0.4 is 9.73 Å². The number of nitrogens with zero attached hydrogens (tertiary/aromatic N) is 2. The van der Waals surface area contributed by atoms with Crippen molar-refractivity contribution in [3.63, 3.8) is 0 Å². The number of amides is 1. The Labute approximate surface area is 196 Å². The maximum absolute atomic E-state index is 12.5. The Balaban J connectivity index is 1.73. The second-order valence-electron chi connectivity index (χ2n) is 6.95. The number of hydrazone groups is 1. The summed E-state index contributed by atoms with van der Waals surface area (Å²) in [6.07, 6.45) is 1.17. The molecule has 1 amide bonds. The van der Waals surface area contributed by atoms with E-state index < -0.39 is 10.0 Å². The first-order valence-corrected chi connectivity index (χ1v) is 12.4. The number of benzene rings is 3. The average molecular weight is 547 g/mol. The van der Waals surface area contributed by atoms with Crippen LogP contribution in [0.25, 0.3) is 0 Å². The van der Waals surface area contributed by atoms with Crippen molar-refractivity contribution in [1.29, 1.82) is 0 Å². The first kappa shape index (κ1) is 23.0. The van der Waals surface area contributed by atoms with E-state index in [4.69, 9.17) is 0 Å². The molecule has 31 heavy (non-hydrogen) atoms. The molecule has 0 aromatic heterocycles. The standard InChI is InChI=1S/C23H22IN3O3S/c1-17(19-8-12-21(24)13-9-19)25-26-23(28)20-10-14-22(15-11-20)27(31(2,29)30)16-18-6-4-3-5-7-18/h3-15H,16H2,1-2H3,(H,26,28)/b25-17+. The highest BCUT2D eigenvalue weighted by Gasteiger charge is 2.18. The molecule has 0 bridgehead atoms. The number of hydrogen-bond donors (Lipinski definition) is 1. The van der Waals surface area contributed by atoms with Crippen LogP contribution in [0.3, 0.4) is 0 Å². The smallest absolute Gasteiger partial charge is 0.267 e. The van der Waals surface area contributed by atoms with Gasteiger partial charge in [-0.2, -0.15) is 5.10 Å². The summed E-state index contributed by atoms with van der Waals surface area (Å²) in [5.74, 6) is -0.370. The van der Waals surface area contributed by atoms with Crippen LogP contribution in [0.2, 0.25) is 0 Å². The molecule has 0 aliphatic rings. The Morgan fingerprint density at radius 2 is 1.52 bits per heavy atom. The predicted octanol–water partition coefficient (Wildman–Crippen LogP) is 4.41. The van der Waals surface area contributed by atoms with Gasteiger partial charge in [-0.1, -0.05) is 42.5 Å². The quantitative estimate of drug-likeness (QED) is 0.271. The van der Waals surface area contributed by atoms with E-state index in [1.807, 2.05) is 61.5 Å². The van der Waals surface area contributed by atoms with Crippen molar-refractivity contribution in [2.45, 2.75) is 13.5 Å². The number of carbonyl (C=O) groups excluding carboxylic acids is 1. The Kier molecular flexibility index (Phi) is 7.45. The van der Waals surface area contributed by atoms with Crippen molar-refractivity contribution >= 4 is 49.9 Å². The molecule has 0 saturated carbocycles. The highest BCUT2D eigenvalue weighted by molar-refractivity contribution is 14.1. The summed E-state index contributed by atoms with van der Waals surface area (Å²) in [6.45, 7) is 2.03. The van der Waals surface area contributed by atoms with Crippen LogP contribution in [0.15, 0.2) is 84.0 Å². The van der Waals surface area contributed by atoms with Crippen molar-refractivity contribution in [2.75, 3.05) is 10.6 Å². The molecule has 3 rings (SSSR count). The fraction of sp³-hybridized carbons (Fsp3) is 0.130. The van der Waals surface area contributed by atoms with Crippen LogP contribution in [-0.4, -0.2) is 26.3 Å². The number of sulfonamides is 1. The molecule has 0 aliphatic carbocycles. The molecule has 0 heterocycles. The van der Waals surface area contributed by atoms with Gasteiger partial charge >= 0.3 is 0 Å². The van der Waals surface area contributed by atoms with E-state index >= 15 is 0 Å². The van der Waals surface area contributed by atoms with Gasteiger partial charge in [-0.3, -0.25) is 9.10 Å². The first-order valence-electron chi connectivity index (χ1n) is 9.46. The molecule has 6 nitrogen and oxygen atoms in total. The van der Waals surface area contributed by atoms with Crippen molar-refractivity contribution < 1.29 is 13.2 Å². The van der Waals surface area contributed by atoms with Gasteiger partial charge in [0.25, 0.3) is 5.91 Å². The van der Waals surface area contributed by atoms with E-state index in [0.717, 1.165) is 14.7 Å². The normalized spacial score (nSPS) is 11.8. The van der Waals surface area contributed by atoms with E-state index in [0.29, 0.717) is 17.0 Å². The van der Waals surface area contributed by atoms with Crippen molar-refractivity contribution in [3.05, 3.63) is 99.1 Å². The third-order valence-electron chi connectivity index (χ3n) is 4.57. The molecule has 160 valence electrons. The summed E-state index contributed by atoms with van der Waals surface area (Å²) < 4.78 is 27.1. The van der Waals surface area contributed by atoms with Crippen LogP contribution in [0.1, 0.15) is 28.4 Å². The highest BCUT2D eigenvalue weighted by atomic mass is 127. The first-order chi connectivity index (χ1) is 14.7. The van der Waals surface area contributed by atoms with E-state index in [2.05, 4.69) is 33.1 Å². The summed E-state index contributed by atoms with van der Waals surface area (Å²) in [4.78, 5) is 12.5. The van der Waals surface area contributed by atoms with Crippen LogP contribution in [0.5, 0.6) is 0 Å². The Morgan fingerprint density at radius 1 is 0.935 bits per heavy atom. The number of hydrogen-bond acceptors (Lipinski definition) is 4. The lowest BCUT2D eigenvalue weighted by molar-refractivity contribution is 0.0955. The number of halogens is 1. The van der Waals surface area contributed by atoms with Gasteiger partial charge in [0.15, 0.2) is 0 Å². The predicted molar refractivity (Wildman–Crippen MR) is 133 cm³/mol. The number of nitrogens with one attached hydrogen (secondary N) is 1. The lowest BCUT2D eigenvalue weighted by Gasteiger charge is -2.22. The highest BCUT2D eigenvalue weighted by Crippen LogP contribution is 2.21. The van der Waals surface area contributed by atoms with Crippen LogP contribution in [0.4, 0.5) is 5.69 Å². The van der Waals surface area contributed by atoms with Gasteiger partial charge < -0.3 is 0 Å². The third kappa shape index (κ3) is 6.38. The van der Waals surface area contributed by atoms with Gasteiger partial charge in [0, 0.05) is 9.13 Å². The van der Waals surface area contributed by atoms with E-state index in [-0.39, 0.29) is 12.5 Å². The largest absolute Gasteiger partial charge is 0.271 e. The number of anilines is 1. The van der Waals surface area contributed by atoms with Gasteiger partial charge in [0.1, 0.15) is 0 Å². The molecule has 0 unspecified atom stereocenters. The molecule has 0 atom stereocenters. The Bertz CT molecular complexity index is 1180. The molecule has 0 saturated heterocycles. The average Bonchev–Trinajstić information content (AvgIpc) is 2.76. The molecular formula is C23H22IN3O3S. The zero-order valence-corrected chi connectivity index (χ0v) is 20.1. The summed E-state index contributed by atoms with van der Waals surface area (Å²) in [5, 5.41) is 4.16. The van der Waals surface area contributed by atoms with E-state index in [1.54, 1.807) is 24.3 Å². The fourth-order valence-corrected chi connectivity index (χ4v) is 4.13. The lowest BCUT2D eigenvalue weighted by atomic mass is 10.1. The second-order valence-corrected chi connectivity index (χ2v) is 10.1. The topological polar surface area (TPSA) is 78.8 Å².